The third-order valence-electron chi connectivity index (χ3n) is 5.26. The fraction of sp³-hybridized carbons (Fsp3) is 0.409. The number of ether oxygens (including phenoxy) is 1. The number of carbonyl (C=O) groups excluding carboxylic acids is 1. The van der Waals surface area contributed by atoms with E-state index in [0.29, 0.717) is 0 Å². The zero-order chi connectivity index (χ0) is 22.3. The number of rotatable bonds is 9. The maximum atomic E-state index is 12.3. The van der Waals surface area contributed by atoms with Gasteiger partial charge < -0.3 is 10.1 Å². The minimum absolute atomic E-state index is 0.0143. The largest absolute Gasteiger partial charge is 0.497 e. The van der Waals surface area contributed by atoms with E-state index in [1.807, 2.05) is 18.2 Å². The lowest BCUT2D eigenvalue weighted by molar-refractivity contribution is -0.121. The fourth-order valence-electron chi connectivity index (χ4n) is 3.60. The van der Waals surface area contributed by atoms with Crippen LogP contribution in [-0.2, 0) is 21.4 Å². The van der Waals surface area contributed by atoms with Gasteiger partial charge in [0, 0.05) is 38.6 Å². The lowest BCUT2D eigenvalue weighted by Gasteiger charge is -2.32. The third kappa shape index (κ3) is 6.93. The van der Waals surface area contributed by atoms with E-state index in [1.54, 1.807) is 19.2 Å². The molecule has 0 aromatic heterocycles. The van der Waals surface area contributed by atoms with Crippen LogP contribution in [-0.4, -0.2) is 52.0 Å². The molecule has 0 atom stereocenters. The minimum Gasteiger partial charge on any atom is -0.497 e. The first-order valence-corrected chi connectivity index (χ1v) is 12.1. The zero-order valence-electron chi connectivity index (χ0n) is 17.5. The van der Waals surface area contributed by atoms with Gasteiger partial charge in [0.2, 0.25) is 15.9 Å². The molecule has 3 rings (SSSR count). The smallest absolute Gasteiger partial charge is 0.242 e. The predicted molar refractivity (Wildman–Crippen MR) is 121 cm³/mol. The van der Waals surface area contributed by atoms with Gasteiger partial charge in [-0.25, -0.2) is 13.1 Å². The van der Waals surface area contributed by atoms with Crippen LogP contribution < -0.4 is 14.8 Å². The van der Waals surface area contributed by atoms with Crippen molar-refractivity contribution in [2.75, 3.05) is 26.7 Å². The molecule has 0 radical (unpaired) electrons. The molecule has 2 aromatic carbocycles. The molecular weight excluding hydrogens is 438 g/mol. The van der Waals surface area contributed by atoms with E-state index in [4.69, 9.17) is 16.3 Å². The first-order chi connectivity index (χ1) is 14.9. The maximum Gasteiger partial charge on any atom is 0.242 e. The molecule has 1 fully saturated rings. The molecule has 1 aliphatic heterocycles. The first-order valence-electron chi connectivity index (χ1n) is 10.3. The Morgan fingerprint density at radius 1 is 1.16 bits per heavy atom. The van der Waals surface area contributed by atoms with Crippen molar-refractivity contribution in [3.63, 3.8) is 0 Å². The molecule has 0 bridgehead atoms. The van der Waals surface area contributed by atoms with E-state index in [1.165, 1.54) is 17.7 Å². The van der Waals surface area contributed by atoms with E-state index < -0.39 is 10.0 Å². The molecule has 9 heteroatoms. The van der Waals surface area contributed by atoms with Crippen LogP contribution in [0.3, 0.4) is 0 Å². The number of carbonyl (C=O) groups is 1. The summed E-state index contributed by atoms with van der Waals surface area (Å²) in [5, 5.41) is 3.17. The average molecular weight is 466 g/mol. The second-order valence-electron chi connectivity index (χ2n) is 7.55. The summed E-state index contributed by atoms with van der Waals surface area (Å²) in [6.45, 7) is 2.65. The number of methoxy groups -OCH3 is 1. The highest BCUT2D eigenvalue weighted by Gasteiger charge is 2.22. The van der Waals surface area contributed by atoms with Crippen LogP contribution in [0.5, 0.6) is 5.75 Å². The molecule has 2 N–H and O–H groups in total. The van der Waals surface area contributed by atoms with Crippen molar-refractivity contribution >= 4 is 27.5 Å². The van der Waals surface area contributed by atoms with E-state index in [2.05, 4.69) is 21.0 Å². The van der Waals surface area contributed by atoms with Crippen LogP contribution in [0.4, 0.5) is 0 Å². The molecule has 1 aliphatic rings. The molecule has 1 saturated heterocycles. The second kappa shape index (κ2) is 10.9. The topological polar surface area (TPSA) is 87.7 Å². The molecule has 168 valence electrons. The van der Waals surface area contributed by atoms with Crippen LogP contribution in [0, 0.1) is 0 Å². The third-order valence-corrected chi connectivity index (χ3v) is 7.22. The van der Waals surface area contributed by atoms with Gasteiger partial charge in [0.05, 0.1) is 12.1 Å². The highest BCUT2D eigenvalue weighted by molar-refractivity contribution is 7.89. The summed E-state index contributed by atoms with van der Waals surface area (Å²) in [5.74, 6) is 0.693. The molecule has 2 aromatic rings. The van der Waals surface area contributed by atoms with Crippen LogP contribution in [0.25, 0.3) is 0 Å². The monoisotopic (exact) mass is 465 g/mol. The summed E-state index contributed by atoms with van der Waals surface area (Å²) < 4.78 is 32.3. The summed E-state index contributed by atoms with van der Waals surface area (Å²) in [4.78, 5) is 14.6. The Morgan fingerprint density at radius 2 is 1.90 bits per heavy atom. The molecule has 0 aliphatic carbocycles. The molecular formula is C22H28ClN3O4S. The lowest BCUT2D eigenvalue weighted by atomic mass is 10.0. The normalized spacial score (nSPS) is 15.5. The number of piperidine rings is 1. The van der Waals surface area contributed by atoms with Gasteiger partial charge in [-0.3, -0.25) is 9.69 Å². The number of nitrogens with zero attached hydrogens (tertiary/aromatic N) is 1. The van der Waals surface area contributed by atoms with Gasteiger partial charge in [0.15, 0.2) is 0 Å². The number of likely N-dealkylation sites (tertiary alicyclic amines) is 1. The molecule has 7 nitrogen and oxygen atoms in total. The minimum atomic E-state index is -3.74. The summed E-state index contributed by atoms with van der Waals surface area (Å²) >= 11 is 5.95. The number of amides is 1. The summed E-state index contributed by atoms with van der Waals surface area (Å²) in [5.41, 5.74) is 1.20. The molecule has 1 heterocycles. The number of sulfonamides is 1. The van der Waals surface area contributed by atoms with Crippen LogP contribution >= 0.6 is 11.6 Å². The van der Waals surface area contributed by atoms with E-state index in [9.17, 15) is 13.2 Å². The van der Waals surface area contributed by atoms with Gasteiger partial charge in [-0.2, -0.15) is 0 Å². The van der Waals surface area contributed by atoms with Gasteiger partial charge in [-0.15, -0.1) is 0 Å². The Bertz CT molecular complexity index is 992. The molecule has 0 unspecified atom stereocenters. The summed E-state index contributed by atoms with van der Waals surface area (Å²) in [7, 11) is -2.08. The van der Waals surface area contributed by atoms with E-state index in [0.717, 1.165) is 38.2 Å². The van der Waals surface area contributed by atoms with Crippen LogP contribution in [0.1, 0.15) is 24.8 Å². The Balaban J connectivity index is 1.38. The Morgan fingerprint density at radius 3 is 2.61 bits per heavy atom. The number of benzene rings is 2. The van der Waals surface area contributed by atoms with Crippen molar-refractivity contribution in [1.82, 2.24) is 14.9 Å². The summed E-state index contributed by atoms with van der Waals surface area (Å²) in [6, 6.07) is 14.4. The van der Waals surface area contributed by atoms with Crippen molar-refractivity contribution in [2.45, 2.75) is 36.7 Å². The quantitative estimate of drug-likeness (QED) is 0.594. The molecule has 1 amide bonds. The van der Waals surface area contributed by atoms with Gasteiger partial charge >= 0.3 is 0 Å². The van der Waals surface area contributed by atoms with Gasteiger partial charge in [0.25, 0.3) is 0 Å². The first kappa shape index (κ1) is 23.5. The molecule has 0 spiro atoms. The molecule has 31 heavy (non-hydrogen) atoms. The fourth-order valence-corrected chi connectivity index (χ4v) is 5.15. The van der Waals surface area contributed by atoms with E-state index >= 15 is 0 Å². The number of hydrogen-bond donors (Lipinski definition) is 2. The average Bonchev–Trinajstić information content (AvgIpc) is 2.75. The Kier molecular flexibility index (Phi) is 8.31. The molecule has 0 saturated carbocycles. The lowest BCUT2D eigenvalue weighted by Crippen LogP contribution is -2.45. The van der Waals surface area contributed by atoms with Gasteiger partial charge in [0.1, 0.15) is 10.6 Å². The number of hydrogen-bond acceptors (Lipinski definition) is 5. The van der Waals surface area contributed by atoms with Crippen molar-refractivity contribution in [3.05, 3.63) is 59.1 Å². The maximum absolute atomic E-state index is 12.3. The Hall–Kier alpha value is -2.13. The second-order valence-corrected chi connectivity index (χ2v) is 9.69. The van der Waals surface area contributed by atoms with Gasteiger partial charge in [-0.05, 0) is 42.7 Å². The van der Waals surface area contributed by atoms with Crippen molar-refractivity contribution in [1.29, 1.82) is 0 Å². The predicted octanol–water partition coefficient (Wildman–Crippen LogP) is 2.80. The van der Waals surface area contributed by atoms with Gasteiger partial charge in [-0.1, -0.05) is 35.9 Å². The van der Waals surface area contributed by atoms with Crippen LogP contribution in [0.15, 0.2) is 53.4 Å². The highest BCUT2D eigenvalue weighted by Crippen LogP contribution is 2.20. The highest BCUT2D eigenvalue weighted by atomic mass is 35.5. The Labute approximate surface area is 188 Å². The summed E-state index contributed by atoms with van der Waals surface area (Å²) in [6.07, 6.45) is 1.80. The van der Waals surface area contributed by atoms with Crippen molar-refractivity contribution in [3.8, 4) is 5.75 Å². The SMILES string of the molecule is COc1cccc(CN2CCC(NC(=O)CCNS(=O)(=O)c3ccccc3Cl)CC2)c1. The number of nitrogens with one attached hydrogen (secondary N) is 2. The zero-order valence-corrected chi connectivity index (χ0v) is 19.1. The van der Waals surface area contributed by atoms with Crippen molar-refractivity contribution < 1.29 is 17.9 Å². The van der Waals surface area contributed by atoms with Crippen LogP contribution in [0.2, 0.25) is 5.02 Å². The number of halogens is 1. The standard InChI is InChI=1S/C22H28ClN3O4S/c1-30-19-6-4-5-17(15-19)16-26-13-10-18(11-14-26)25-22(27)9-12-24-31(28,29)21-8-3-2-7-20(21)23/h2-8,15,18,24H,9-14,16H2,1H3,(H,25,27). The van der Waals surface area contributed by atoms with Crippen molar-refractivity contribution in [2.24, 2.45) is 0 Å². The van der Waals surface area contributed by atoms with E-state index in [-0.39, 0.29) is 34.8 Å².